The van der Waals surface area contributed by atoms with E-state index in [1.807, 2.05) is 42.5 Å². The van der Waals surface area contributed by atoms with Crippen LogP contribution in [-0.4, -0.2) is 29.2 Å². The summed E-state index contributed by atoms with van der Waals surface area (Å²) < 4.78 is 6.64. The summed E-state index contributed by atoms with van der Waals surface area (Å²) in [5.74, 6) is 0.324. The monoisotopic (exact) mass is 568 g/mol. The molecule has 0 radical (unpaired) electrons. The molecule has 1 aromatic heterocycles. The highest BCUT2D eigenvalue weighted by Gasteiger charge is 2.69. The molecule has 1 N–H and O–H groups in total. The molecule has 0 spiro atoms. The van der Waals surface area contributed by atoms with Gasteiger partial charge in [0.2, 0.25) is 11.8 Å². The number of fused-ring (bicyclic) bond motifs is 9. The number of nitrogens with one attached hydrogen (secondary N) is 1. The molecule has 35 heavy (non-hydrogen) atoms. The highest BCUT2D eigenvalue weighted by molar-refractivity contribution is 9.10. The molecule has 2 aliphatic heterocycles. The van der Waals surface area contributed by atoms with Crippen molar-refractivity contribution in [3.8, 4) is 5.75 Å². The number of methoxy groups -OCH3 is 1. The van der Waals surface area contributed by atoms with Crippen molar-refractivity contribution in [1.29, 1.82) is 0 Å². The number of carbonyl (C=O) groups excluding carboxylic acids is 2. The number of hydrogen-bond acceptors (Lipinski definition) is 6. The lowest BCUT2D eigenvalue weighted by Gasteiger charge is -2.43. The molecule has 2 bridgehead atoms. The second-order valence-electron chi connectivity index (χ2n) is 9.69. The Morgan fingerprint density at radius 3 is 2.46 bits per heavy atom. The van der Waals surface area contributed by atoms with E-state index in [2.05, 4.69) is 27.0 Å². The van der Waals surface area contributed by atoms with Crippen molar-refractivity contribution in [2.45, 2.75) is 22.6 Å². The smallest absolute Gasteiger partial charge is 0.305 e. The topological polar surface area (TPSA) is 79.5 Å². The number of aromatic nitrogens is 1. The Morgan fingerprint density at radius 2 is 1.71 bits per heavy atom. The number of imide groups is 1. The number of hydrogen-bond donors (Lipinski definition) is 1. The van der Waals surface area contributed by atoms with Crippen LogP contribution in [0.3, 0.4) is 0 Å². The third-order valence-electron chi connectivity index (χ3n) is 8.28. The third-order valence-corrected chi connectivity index (χ3v) is 11.4. The first-order chi connectivity index (χ1) is 17.0. The number of aromatic amines is 1. The van der Waals surface area contributed by atoms with Crippen LogP contribution >= 0.6 is 39.0 Å². The zero-order valence-corrected chi connectivity index (χ0v) is 21.9. The minimum Gasteiger partial charge on any atom is -0.496 e. The van der Waals surface area contributed by atoms with Crippen LogP contribution in [0.15, 0.2) is 62.8 Å². The van der Waals surface area contributed by atoms with Gasteiger partial charge in [-0.15, -0.1) is 11.8 Å². The summed E-state index contributed by atoms with van der Waals surface area (Å²) in [6.07, 6.45) is 0.869. The van der Waals surface area contributed by atoms with Crippen molar-refractivity contribution < 1.29 is 14.3 Å². The van der Waals surface area contributed by atoms with E-state index < -0.39 is 0 Å². The second-order valence-corrected chi connectivity index (χ2v) is 12.8. The first-order valence-corrected chi connectivity index (χ1v) is 14.1. The molecule has 4 aliphatic rings. The summed E-state index contributed by atoms with van der Waals surface area (Å²) >= 11 is 6.39. The van der Waals surface area contributed by atoms with Gasteiger partial charge in [0.15, 0.2) is 0 Å². The fraction of sp³-hybridized carbons (Fsp3) is 0.346. The summed E-state index contributed by atoms with van der Waals surface area (Å²) in [7, 11) is 1.67. The van der Waals surface area contributed by atoms with Crippen LogP contribution in [0.2, 0.25) is 0 Å². The fourth-order valence-corrected chi connectivity index (χ4v) is 10.3. The Labute approximate surface area is 218 Å². The molecule has 7 rings (SSSR count). The van der Waals surface area contributed by atoms with Gasteiger partial charge in [0, 0.05) is 26.1 Å². The first-order valence-electron chi connectivity index (χ1n) is 11.6. The van der Waals surface area contributed by atoms with E-state index in [9.17, 15) is 14.4 Å². The number of para-hydroxylation sites is 1. The number of halogens is 1. The molecule has 2 aromatic carbocycles. The van der Waals surface area contributed by atoms with Gasteiger partial charge in [-0.2, -0.15) is 0 Å². The molecule has 3 heterocycles. The number of benzene rings is 2. The maximum absolute atomic E-state index is 13.8. The molecule has 6 unspecified atom stereocenters. The van der Waals surface area contributed by atoms with Gasteiger partial charge < -0.3 is 9.72 Å². The predicted octanol–water partition coefficient (Wildman–Crippen LogP) is 4.89. The molecule has 2 amide bonds. The standard InChI is InChI=1S/C26H21BrN2O4S2/c1-33-16-5-3-2-4-13(16)17-18-14-10-15(21(18)34-23-22(17)35-26(32)28-23)20-19(14)24(30)29(25(20)31)12-8-6-11(27)7-9-12/h2-9,14-15,17-21H,10H2,1H3,(H,28,32)/t14?,15?,17-,18?,19?,20?,21?/m1/s1. The first kappa shape index (κ1) is 21.9. The molecular weight excluding hydrogens is 548 g/mol. The minimum absolute atomic E-state index is 0.0445. The van der Waals surface area contributed by atoms with Gasteiger partial charge in [0.05, 0.1) is 29.7 Å². The van der Waals surface area contributed by atoms with Gasteiger partial charge in [0.25, 0.3) is 0 Å². The van der Waals surface area contributed by atoms with Crippen molar-refractivity contribution in [2.24, 2.45) is 29.6 Å². The van der Waals surface area contributed by atoms with E-state index in [-0.39, 0.29) is 57.4 Å². The molecule has 6 nitrogen and oxygen atoms in total. The normalized spacial score (nSPS) is 32.5. The number of ether oxygens (including phenoxy) is 1. The molecule has 3 fully saturated rings. The Kier molecular flexibility index (Phi) is 4.89. The second kappa shape index (κ2) is 7.82. The van der Waals surface area contributed by atoms with Gasteiger partial charge >= 0.3 is 4.87 Å². The number of rotatable bonds is 3. The van der Waals surface area contributed by atoms with Gasteiger partial charge in [-0.05, 0) is 54.5 Å². The Hall–Kier alpha value is -2.36. The van der Waals surface area contributed by atoms with Crippen LogP contribution in [0.1, 0.15) is 22.8 Å². The van der Waals surface area contributed by atoms with E-state index in [4.69, 9.17) is 4.74 Å². The number of carbonyl (C=O) groups is 2. The van der Waals surface area contributed by atoms with Crippen molar-refractivity contribution in [2.75, 3.05) is 12.0 Å². The molecule has 178 valence electrons. The van der Waals surface area contributed by atoms with Crippen LogP contribution in [0.4, 0.5) is 5.69 Å². The van der Waals surface area contributed by atoms with E-state index in [1.54, 1.807) is 18.9 Å². The van der Waals surface area contributed by atoms with Gasteiger partial charge in [0.1, 0.15) is 5.75 Å². The van der Waals surface area contributed by atoms with E-state index >= 15 is 0 Å². The van der Waals surface area contributed by atoms with Gasteiger partial charge in [-0.1, -0.05) is 45.5 Å². The lowest BCUT2D eigenvalue weighted by molar-refractivity contribution is -0.123. The van der Waals surface area contributed by atoms with Gasteiger partial charge in [-0.25, -0.2) is 0 Å². The van der Waals surface area contributed by atoms with Crippen molar-refractivity contribution in [3.05, 3.63) is 73.1 Å². The summed E-state index contributed by atoms with van der Waals surface area (Å²) in [6.45, 7) is 0. The van der Waals surface area contributed by atoms with E-state index in [0.29, 0.717) is 5.69 Å². The largest absolute Gasteiger partial charge is 0.496 e. The van der Waals surface area contributed by atoms with Crippen LogP contribution in [0, 0.1) is 29.6 Å². The van der Waals surface area contributed by atoms with Crippen molar-refractivity contribution >= 4 is 56.5 Å². The highest BCUT2D eigenvalue weighted by Crippen LogP contribution is 2.69. The minimum atomic E-state index is -0.313. The van der Waals surface area contributed by atoms with E-state index in [1.165, 1.54) is 16.2 Å². The molecule has 7 atom stereocenters. The number of thioether (sulfide) groups is 1. The molecule has 9 heteroatoms. The summed E-state index contributed by atoms with van der Waals surface area (Å²) in [5.41, 5.74) is 1.68. The molecule has 2 saturated carbocycles. The number of amides is 2. The average molecular weight is 570 g/mol. The molecule has 2 aliphatic carbocycles. The Morgan fingerprint density at radius 1 is 1.00 bits per heavy atom. The van der Waals surface area contributed by atoms with E-state index in [0.717, 1.165) is 32.1 Å². The summed E-state index contributed by atoms with van der Waals surface area (Å²) in [6, 6.07) is 15.3. The third kappa shape index (κ3) is 2.98. The number of nitrogens with zero attached hydrogens (tertiary/aromatic N) is 1. The quantitative estimate of drug-likeness (QED) is 0.455. The molecule has 3 aromatic rings. The summed E-state index contributed by atoms with van der Waals surface area (Å²) in [5, 5.41) is 1.07. The number of anilines is 1. The fourth-order valence-electron chi connectivity index (χ4n) is 7.13. The molecular formula is C26H21BrN2O4S2. The Balaban J connectivity index is 1.34. The maximum atomic E-state index is 13.8. The zero-order valence-electron chi connectivity index (χ0n) is 18.6. The molecule has 1 saturated heterocycles. The average Bonchev–Trinajstić information content (AvgIpc) is 3.59. The lowest BCUT2D eigenvalue weighted by atomic mass is 9.68. The van der Waals surface area contributed by atoms with Crippen LogP contribution < -0.4 is 14.5 Å². The SMILES string of the molecule is COc1ccccc1[C@H]1c2sc(=O)[nH]c2SC2C3CC(C4C(=O)N(c5ccc(Br)cc5)C(=O)C34)C21. The van der Waals surface area contributed by atoms with Gasteiger partial charge in [-0.3, -0.25) is 19.3 Å². The van der Waals surface area contributed by atoms with Crippen LogP contribution in [-0.2, 0) is 9.59 Å². The summed E-state index contributed by atoms with van der Waals surface area (Å²) in [4.78, 5) is 45.3. The Bertz CT molecular complexity index is 1430. The zero-order chi connectivity index (χ0) is 24.0. The number of thiazole rings is 1. The number of H-pyrrole nitrogens is 1. The van der Waals surface area contributed by atoms with Crippen molar-refractivity contribution in [1.82, 2.24) is 4.98 Å². The van der Waals surface area contributed by atoms with Crippen molar-refractivity contribution in [3.63, 3.8) is 0 Å². The lowest BCUT2D eigenvalue weighted by Crippen LogP contribution is -2.42. The van der Waals surface area contributed by atoms with Crippen LogP contribution in [0.5, 0.6) is 5.75 Å². The highest BCUT2D eigenvalue weighted by atomic mass is 79.9. The predicted molar refractivity (Wildman–Crippen MR) is 138 cm³/mol. The van der Waals surface area contributed by atoms with Crippen LogP contribution in [0.25, 0.3) is 0 Å². The maximum Gasteiger partial charge on any atom is 0.305 e.